The highest BCUT2D eigenvalue weighted by molar-refractivity contribution is 5.89. The van der Waals surface area contributed by atoms with E-state index in [2.05, 4.69) is 16.7 Å². The zero-order valence-corrected chi connectivity index (χ0v) is 14.2. The summed E-state index contributed by atoms with van der Waals surface area (Å²) in [6.45, 7) is 5.58. The van der Waals surface area contributed by atoms with Gasteiger partial charge in [-0.3, -0.25) is 9.59 Å². The number of hydrogen-bond acceptors (Lipinski definition) is 3. The zero-order chi connectivity index (χ0) is 16.9. The van der Waals surface area contributed by atoms with Gasteiger partial charge < -0.3 is 15.5 Å². The molecule has 1 aromatic carbocycles. The van der Waals surface area contributed by atoms with Crippen LogP contribution >= 0.6 is 0 Å². The molecule has 3 rings (SSSR count). The molecule has 5 nitrogen and oxygen atoms in total. The highest BCUT2D eigenvalue weighted by atomic mass is 16.2. The average molecular weight is 327 g/mol. The topological polar surface area (TPSA) is 61.4 Å². The van der Waals surface area contributed by atoms with Gasteiger partial charge in [0.05, 0.1) is 5.92 Å². The number of benzene rings is 1. The number of nitrogens with one attached hydrogen (secondary N) is 2. The Balaban J connectivity index is 1.50. The Bertz CT molecular complexity index is 637. The van der Waals surface area contributed by atoms with Gasteiger partial charge in [-0.15, -0.1) is 0 Å². The standard InChI is InChI=1S/C19H25N3O2/c1-14-2-4-16(5-3-14)12-22-13-17(10-18(22)23)19(24)21-11-15-6-8-20-9-7-15/h2-6,17,20H,7-13H2,1H3,(H,21,24). The Morgan fingerprint density at radius 3 is 2.83 bits per heavy atom. The van der Waals surface area contributed by atoms with Gasteiger partial charge in [-0.1, -0.05) is 41.5 Å². The van der Waals surface area contributed by atoms with Gasteiger partial charge in [0, 0.05) is 32.6 Å². The van der Waals surface area contributed by atoms with E-state index < -0.39 is 0 Å². The SMILES string of the molecule is Cc1ccc(CN2CC(C(=O)NCC3=CCNCC3)CC2=O)cc1. The summed E-state index contributed by atoms with van der Waals surface area (Å²) in [7, 11) is 0. The van der Waals surface area contributed by atoms with E-state index in [-0.39, 0.29) is 17.7 Å². The van der Waals surface area contributed by atoms with E-state index in [1.165, 1.54) is 11.1 Å². The lowest BCUT2D eigenvalue weighted by Gasteiger charge is -2.18. The lowest BCUT2D eigenvalue weighted by Crippen LogP contribution is -2.35. The molecule has 0 spiro atoms. The third-order valence-corrected chi connectivity index (χ3v) is 4.73. The van der Waals surface area contributed by atoms with Crippen molar-refractivity contribution in [2.45, 2.75) is 26.3 Å². The molecule has 2 amide bonds. The van der Waals surface area contributed by atoms with Crippen LogP contribution in [-0.2, 0) is 16.1 Å². The molecule has 0 radical (unpaired) electrons. The van der Waals surface area contributed by atoms with Crippen molar-refractivity contribution >= 4 is 11.8 Å². The number of likely N-dealkylation sites (tertiary alicyclic amines) is 1. The smallest absolute Gasteiger partial charge is 0.225 e. The second kappa shape index (κ2) is 7.62. The number of aryl methyl sites for hydroxylation is 1. The molecule has 1 aromatic rings. The minimum atomic E-state index is -0.231. The first kappa shape index (κ1) is 16.7. The van der Waals surface area contributed by atoms with Crippen LogP contribution in [0.3, 0.4) is 0 Å². The van der Waals surface area contributed by atoms with Crippen LogP contribution in [0.15, 0.2) is 35.9 Å². The Morgan fingerprint density at radius 2 is 2.12 bits per heavy atom. The molecule has 1 fully saturated rings. The zero-order valence-electron chi connectivity index (χ0n) is 14.2. The molecule has 1 unspecified atom stereocenters. The maximum Gasteiger partial charge on any atom is 0.225 e. The van der Waals surface area contributed by atoms with E-state index in [1.807, 2.05) is 31.2 Å². The average Bonchev–Trinajstić information content (AvgIpc) is 2.96. The highest BCUT2D eigenvalue weighted by Crippen LogP contribution is 2.20. The molecule has 1 atom stereocenters. The molecule has 2 aliphatic heterocycles. The molecule has 0 saturated carbocycles. The van der Waals surface area contributed by atoms with Crippen molar-refractivity contribution in [3.05, 3.63) is 47.0 Å². The Labute approximate surface area is 143 Å². The van der Waals surface area contributed by atoms with Gasteiger partial charge in [0.15, 0.2) is 0 Å². The van der Waals surface area contributed by atoms with Crippen LogP contribution in [0.25, 0.3) is 0 Å². The second-order valence-electron chi connectivity index (χ2n) is 6.70. The lowest BCUT2D eigenvalue weighted by molar-refractivity contribution is -0.129. The monoisotopic (exact) mass is 327 g/mol. The van der Waals surface area contributed by atoms with Gasteiger partial charge in [-0.05, 0) is 25.5 Å². The van der Waals surface area contributed by atoms with Gasteiger partial charge in [0.2, 0.25) is 11.8 Å². The first-order valence-corrected chi connectivity index (χ1v) is 8.61. The first-order valence-electron chi connectivity index (χ1n) is 8.61. The van der Waals surface area contributed by atoms with E-state index in [4.69, 9.17) is 0 Å². The quantitative estimate of drug-likeness (QED) is 0.803. The molecule has 2 heterocycles. The molecule has 24 heavy (non-hydrogen) atoms. The van der Waals surface area contributed by atoms with E-state index in [0.29, 0.717) is 26.1 Å². The molecular weight excluding hydrogens is 302 g/mol. The van der Waals surface area contributed by atoms with E-state index in [9.17, 15) is 9.59 Å². The van der Waals surface area contributed by atoms with Crippen molar-refractivity contribution < 1.29 is 9.59 Å². The summed E-state index contributed by atoms with van der Waals surface area (Å²) < 4.78 is 0. The van der Waals surface area contributed by atoms with Crippen LogP contribution in [0.4, 0.5) is 0 Å². The van der Waals surface area contributed by atoms with Crippen molar-refractivity contribution in [1.29, 1.82) is 0 Å². The number of carbonyl (C=O) groups excluding carboxylic acids is 2. The molecule has 0 aliphatic carbocycles. The maximum absolute atomic E-state index is 12.3. The molecule has 5 heteroatoms. The minimum Gasteiger partial charge on any atom is -0.352 e. The summed E-state index contributed by atoms with van der Waals surface area (Å²) in [6.07, 6.45) is 3.43. The third kappa shape index (κ3) is 4.23. The largest absolute Gasteiger partial charge is 0.352 e. The Morgan fingerprint density at radius 1 is 1.33 bits per heavy atom. The minimum absolute atomic E-state index is 0.00538. The normalized spacial score (nSPS) is 20.9. The molecular formula is C19H25N3O2. The van der Waals surface area contributed by atoms with Gasteiger partial charge in [0.25, 0.3) is 0 Å². The van der Waals surface area contributed by atoms with Crippen LogP contribution in [0.2, 0.25) is 0 Å². The van der Waals surface area contributed by atoms with Crippen molar-refractivity contribution in [2.75, 3.05) is 26.2 Å². The lowest BCUT2D eigenvalue weighted by atomic mass is 10.1. The molecule has 0 aromatic heterocycles. The van der Waals surface area contributed by atoms with E-state index >= 15 is 0 Å². The summed E-state index contributed by atoms with van der Waals surface area (Å²) in [6, 6.07) is 8.18. The molecule has 2 aliphatic rings. The van der Waals surface area contributed by atoms with Gasteiger partial charge in [0.1, 0.15) is 0 Å². The summed E-state index contributed by atoms with van der Waals surface area (Å²) >= 11 is 0. The summed E-state index contributed by atoms with van der Waals surface area (Å²) in [5.74, 6) is -0.170. The number of rotatable bonds is 5. The first-order chi connectivity index (χ1) is 11.6. The Kier molecular flexibility index (Phi) is 5.30. The molecule has 2 N–H and O–H groups in total. The van der Waals surface area contributed by atoms with Crippen LogP contribution in [0, 0.1) is 12.8 Å². The third-order valence-electron chi connectivity index (χ3n) is 4.73. The predicted octanol–water partition coefficient (Wildman–Crippen LogP) is 1.38. The van der Waals surface area contributed by atoms with Crippen molar-refractivity contribution in [3.8, 4) is 0 Å². The fourth-order valence-corrected chi connectivity index (χ4v) is 3.19. The molecule has 1 saturated heterocycles. The maximum atomic E-state index is 12.3. The van der Waals surface area contributed by atoms with Gasteiger partial charge in [-0.2, -0.15) is 0 Å². The fourth-order valence-electron chi connectivity index (χ4n) is 3.19. The summed E-state index contributed by atoms with van der Waals surface area (Å²) in [4.78, 5) is 26.3. The number of hydrogen-bond donors (Lipinski definition) is 2. The molecule has 128 valence electrons. The Hall–Kier alpha value is -2.14. The van der Waals surface area contributed by atoms with E-state index in [0.717, 1.165) is 25.1 Å². The van der Waals surface area contributed by atoms with Crippen LogP contribution in [0.5, 0.6) is 0 Å². The van der Waals surface area contributed by atoms with Crippen molar-refractivity contribution in [1.82, 2.24) is 15.5 Å². The van der Waals surface area contributed by atoms with Gasteiger partial charge >= 0.3 is 0 Å². The summed E-state index contributed by atoms with van der Waals surface area (Å²) in [5.41, 5.74) is 3.58. The number of carbonyl (C=O) groups is 2. The van der Waals surface area contributed by atoms with Crippen molar-refractivity contribution in [2.24, 2.45) is 5.92 Å². The molecule has 0 bridgehead atoms. The summed E-state index contributed by atoms with van der Waals surface area (Å²) in [5, 5.41) is 6.25. The second-order valence-corrected chi connectivity index (χ2v) is 6.70. The van der Waals surface area contributed by atoms with Crippen LogP contribution in [0.1, 0.15) is 24.0 Å². The number of nitrogens with zero attached hydrogens (tertiary/aromatic N) is 1. The number of amides is 2. The predicted molar refractivity (Wildman–Crippen MR) is 93.3 cm³/mol. The van der Waals surface area contributed by atoms with E-state index in [1.54, 1.807) is 4.90 Å². The highest BCUT2D eigenvalue weighted by Gasteiger charge is 2.34. The van der Waals surface area contributed by atoms with Crippen LogP contribution < -0.4 is 10.6 Å². The fraction of sp³-hybridized carbons (Fsp3) is 0.474. The van der Waals surface area contributed by atoms with Crippen LogP contribution in [-0.4, -0.2) is 42.9 Å². The van der Waals surface area contributed by atoms with Gasteiger partial charge in [-0.25, -0.2) is 0 Å². The van der Waals surface area contributed by atoms with Crippen molar-refractivity contribution in [3.63, 3.8) is 0 Å².